The highest BCUT2D eigenvalue weighted by Gasteiger charge is 2.25. The Morgan fingerprint density at radius 2 is 1.94 bits per heavy atom. The summed E-state index contributed by atoms with van der Waals surface area (Å²) < 4.78 is 0. The van der Waals surface area contributed by atoms with E-state index in [1.54, 1.807) is 0 Å². The molecule has 1 saturated carbocycles. The van der Waals surface area contributed by atoms with E-state index in [0.29, 0.717) is 11.8 Å². The molecule has 0 bridgehead atoms. The Balaban J connectivity index is 1.99. The number of hydrogen-bond acceptors (Lipinski definition) is 3. The number of aromatic nitrogens is 2. The summed E-state index contributed by atoms with van der Waals surface area (Å²) in [6, 6.07) is 0.233. The van der Waals surface area contributed by atoms with Gasteiger partial charge in [0, 0.05) is 6.04 Å². The van der Waals surface area contributed by atoms with Crippen molar-refractivity contribution in [3.63, 3.8) is 0 Å². The number of nitrogens with zero attached hydrogens (tertiary/aromatic N) is 2. The lowest BCUT2D eigenvalue weighted by atomic mass is 9.80. The minimum Gasteiger partial charge on any atom is -0.348 e. The smallest absolute Gasteiger partial charge is 0.271 e. The van der Waals surface area contributed by atoms with Crippen LogP contribution in [0.3, 0.4) is 0 Å². The molecule has 4 nitrogen and oxygen atoms in total. The zero-order valence-electron chi connectivity index (χ0n) is 10.7. The van der Waals surface area contributed by atoms with Crippen LogP contribution in [-0.4, -0.2) is 21.9 Å². The first-order chi connectivity index (χ1) is 8.54. The Morgan fingerprint density at radius 1 is 1.28 bits per heavy atom. The van der Waals surface area contributed by atoms with E-state index >= 15 is 0 Å². The van der Waals surface area contributed by atoms with Crippen LogP contribution in [0.1, 0.15) is 43.6 Å². The van der Waals surface area contributed by atoms with E-state index < -0.39 is 0 Å². The predicted octanol–water partition coefficient (Wildman–Crippen LogP) is 2.68. The van der Waals surface area contributed by atoms with Gasteiger partial charge in [0.05, 0.1) is 12.4 Å². The van der Waals surface area contributed by atoms with Crippen LogP contribution >= 0.6 is 11.6 Å². The SMILES string of the molecule is CC1CC(C)CC(NC(=O)c2cncc(Cl)n2)C1. The first-order valence-corrected chi connectivity index (χ1v) is 6.70. The fourth-order valence-electron chi connectivity index (χ4n) is 2.78. The van der Waals surface area contributed by atoms with Crippen molar-refractivity contribution in [1.29, 1.82) is 0 Å². The molecule has 0 radical (unpaired) electrons. The number of rotatable bonds is 2. The van der Waals surface area contributed by atoms with Crippen molar-refractivity contribution in [2.24, 2.45) is 11.8 Å². The topological polar surface area (TPSA) is 54.9 Å². The zero-order valence-corrected chi connectivity index (χ0v) is 11.4. The van der Waals surface area contributed by atoms with E-state index in [4.69, 9.17) is 11.6 Å². The minimum absolute atomic E-state index is 0.184. The molecular formula is C13H18ClN3O. The molecule has 1 aromatic rings. The number of halogens is 1. The fourth-order valence-corrected chi connectivity index (χ4v) is 2.92. The van der Waals surface area contributed by atoms with Crippen LogP contribution in [0.15, 0.2) is 12.4 Å². The van der Waals surface area contributed by atoms with Gasteiger partial charge in [-0.2, -0.15) is 0 Å². The number of amides is 1. The largest absolute Gasteiger partial charge is 0.348 e. The first-order valence-electron chi connectivity index (χ1n) is 6.33. The molecule has 1 N–H and O–H groups in total. The molecule has 18 heavy (non-hydrogen) atoms. The maximum atomic E-state index is 12.0. The highest BCUT2D eigenvalue weighted by molar-refractivity contribution is 6.29. The number of hydrogen-bond donors (Lipinski definition) is 1. The fraction of sp³-hybridized carbons (Fsp3) is 0.615. The second-order valence-corrected chi connectivity index (χ2v) is 5.70. The highest BCUT2D eigenvalue weighted by Crippen LogP contribution is 2.28. The van der Waals surface area contributed by atoms with Crippen molar-refractivity contribution in [3.05, 3.63) is 23.2 Å². The van der Waals surface area contributed by atoms with Gasteiger partial charge in [-0.3, -0.25) is 9.78 Å². The second kappa shape index (κ2) is 5.65. The molecule has 1 aromatic heterocycles. The van der Waals surface area contributed by atoms with E-state index in [9.17, 15) is 4.79 Å². The Kier molecular flexibility index (Phi) is 4.17. The number of carbonyl (C=O) groups is 1. The van der Waals surface area contributed by atoms with Gasteiger partial charge in [-0.25, -0.2) is 4.98 Å². The van der Waals surface area contributed by atoms with Crippen LogP contribution < -0.4 is 5.32 Å². The minimum atomic E-state index is -0.184. The van der Waals surface area contributed by atoms with Crippen molar-refractivity contribution in [2.45, 2.75) is 39.2 Å². The standard InChI is InChI=1S/C13H18ClN3O/c1-8-3-9(2)5-10(4-8)16-13(18)11-6-15-7-12(14)17-11/h6-10H,3-5H2,1-2H3,(H,16,18). The van der Waals surface area contributed by atoms with Crippen LogP contribution in [0, 0.1) is 11.8 Å². The summed E-state index contributed by atoms with van der Waals surface area (Å²) in [5.74, 6) is 1.13. The van der Waals surface area contributed by atoms with Gasteiger partial charge in [-0.1, -0.05) is 25.4 Å². The van der Waals surface area contributed by atoms with Crippen molar-refractivity contribution in [3.8, 4) is 0 Å². The Labute approximate surface area is 112 Å². The summed E-state index contributed by atoms with van der Waals surface area (Å²) in [6.07, 6.45) is 6.16. The van der Waals surface area contributed by atoms with E-state index in [0.717, 1.165) is 12.8 Å². The molecular weight excluding hydrogens is 250 g/mol. The van der Waals surface area contributed by atoms with Gasteiger partial charge in [0.2, 0.25) is 0 Å². The maximum Gasteiger partial charge on any atom is 0.271 e. The Morgan fingerprint density at radius 3 is 2.56 bits per heavy atom. The van der Waals surface area contributed by atoms with Gasteiger partial charge in [0.1, 0.15) is 10.8 Å². The lowest BCUT2D eigenvalue weighted by Gasteiger charge is -2.31. The van der Waals surface area contributed by atoms with Gasteiger partial charge in [-0.15, -0.1) is 0 Å². The molecule has 1 aliphatic carbocycles. The average molecular weight is 268 g/mol. The van der Waals surface area contributed by atoms with E-state index in [2.05, 4.69) is 29.1 Å². The Bertz CT molecular complexity index is 428. The third-order valence-corrected chi connectivity index (χ3v) is 3.53. The van der Waals surface area contributed by atoms with Crippen molar-refractivity contribution < 1.29 is 4.79 Å². The van der Waals surface area contributed by atoms with Crippen molar-refractivity contribution in [2.75, 3.05) is 0 Å². The highest BCUT2D eigenvalue weighted by atomic mass is 35.5. The van der Waals surface area contributed by atoms with Gasteiger partial charge < -0.3 is 5.32 Å². The van der Waals surface area contributed by atoms with Crippen LogP contribution in [-0.2, 0) is 0 Å². The second-order valence-electron chi connectivity index (χ2n) is 5.31. The third kappa shape index (κ3) is 3.42. The molecule has 1 aliphatic rings. The van der Waals surface area contributed by atoms with Gasteiger partial charge >= 0.3 is 0 Å². The molecule has 1 fully saturated rings. The summed E-state index contributed by atoms with van der Waals surface area (Å²) in [6.45, 7) is 4.46. The predicted molar refractivity (Wildman–Crippen MR) is 70.5 cm³/mol. The molecule has 2 unspecified atom stereocenters. The van der Waals surface area contributed by atoms with E-state index in [1.807, 2.05) is 0 Å². The molecule has 2 atom stereocenters. The molecule has 0 aliphatic heterocycles. The number of carbonyl (C=O) groups excluding carboxylic acids is 1. The quantitative estimate of drug-likeness (QED) is 0.896. The molecule has 2 rings (SSSR count). The molecule has 1 heterocycles. The average Bonchev–Trinajstić information content (AvgIpc) is 2.27. The van der Waals surface area contributed by atoms with Crippen molar-refractivity contribution in [1.82, 2.24) is 15.3 Å². The zero-order chi connectivity index (χ0) is 13.1. The number of nitrogens with one attached hydrogen (secondary N) is 1. The summed E-state index contributed by atoms with van der Waals surface area (Å²) >= 11 is 5.72. The third-order valence-electron chi connectivity index (χ3n) is 3.35. The monoisotopic (exact) mass is 267 g/mol. The van der Waals surface area contributed by atoms with Crippen molar-refractivity contribution >= 4 is 17.5 Å². The lowest BCUT2D eigenvalue weighted by Crippen LogP contribution is -2.40. The van der Waals surface area contributed by atoms with E-state index in [-0.39, 0.29) is 22.8 Å². The maximum absolute atomic E-state index is 12.0. The van der Waals surface area contributed by atoms with Crippen LogP contribution in [0.5, 0.6) is 0 Å². The molecule has 0 aromatic carbocycles. The molecule has 1 amide bonds. The molecule has 0 spiro atoms. The van der Waals surface area contributed by atoms with Gasteiger partial charge in [0.25, 0.3) is 5.91 Å². The summed E-state index contributed by atoms with van der Waals surface area (Å²) in [4.78, 5) is 19.8. The summed E-state index contributed by atoms with van der Waals surface area (Å²) in [5, 5.41) is 3.27. The van der Waals surface area contributed by atoms with E-state index in [1.165, 1.54) is 18.8 Å². The normalized spacial score (nSPS) is 27.8. The molecule has 5 heteroatoms. The molecule has 0 saturated heterocycles. The van der Waals surface area contributed by atoms with Crippen LogP contribution in [0.25, 0.3) is 0 Å². The lowest BCUT2D eigenvalue weighted by molar-refractivity contribution is 0.0905. The van der Waals surface area contributed by atoms with Gasteiger partial charge in [-0.05, 0) is 31.1 Å². The molecule has 98 valence electrons. The first kappa shape index (κ1) is 13.3. The van der Waals surface area contributed by atoms with Crippen LogP contribution in [0.4, 0.5) is 0 Å². The summed E-state index contributed by atoms with van der Waals surface area (Å²) in [7, 11) is 0. The summed E-state index contributed by atoms with van der Waals surface area (Å²) in [5.41, 5.74) is 0.286. The Hall–Kier alpha value is -1.16. The van der Waals surface area contributed by atoms with Crippen LogP contribution in [0.2, 0.25) is 5.15 Å². The van der Waals surface area contributed by atoms with Gasteiger partial charge in [0.15, 0.2) is 0 Å².